The summed E-state index contributed by atoms with van der Waals surface area (Å²) < 4.78 is 19.4. The largest absolute Gasteiger partial charge is 0.471 e. The zero-order valence-electron chi connectivity index (χ0n) is 13.5. The molecule has 2 fully saturated rings. The summed E-state index contributed by atoms with van der Waals surface area (Å²) in [4.78, 5) is 20.0. The third-order valence-corrected chi connectivity index (χ3v) is 5.84. The first-order chi connectivity index (χ1) is 11.0. The second-order valence-corrected chi connectivity index (χ2v) is 8.02. The Bertz CT molecular complexity index is 578. The van der Waals surface area contributed by atoms with Crippen molar-refractivity contribution in [1.82, 2.24) is 14.8 Å². The zero-order chi connectivity index (χ0) is 16.4. The number of carbonyl (C=O) groups excluding carboxylic acids is 1. The van der Waals surface area contributed by atoms with Gasteiger partial charge in [-0.2, -0.15) is 0 Å². The molecule has 1 spiro atoms. The molecule has 1 aromatic rings. The fourth-order valence-electron chi connectivity index (χ4n) is 3.02. The number of pyridine rings is 1. The van der Waals surface area contributed by atoms with Gasteiger partial charge in [0.2, 0.25) is 5.91 Å². The Morgan fingerprint density at radius 3 is 3.04 bits per heavy atom. The van der Waals surface area contributed by atoms with Crippen LogP contribution in [0.3, 0.4) is 0 Å². The minimum absolute atomic E-state index is 0.0385. The molecule has 0 unspecified atom stereocenters. The van der Waals surface area contributed by atoms with Gasteiger partial charge in [0.1, 0.15) is 6.10 Å². The second kappa shape index (κ2) is 6.65. The van der Waals surface area contributed by atoms with Gasteiger partial charge in [-0.15, -0.1) is 11.8 Å². The number of rotatable bonds is 5. The molecule has 2 saturated heterocycles. The Morgan fingerprint density at radius 2 is 2.35 bits per heavy atom. The highest BCUT2D eigenvalue weighted by Crippen LogP contribution is 2.46. The van der Waals surface area contributed by atoms with E-state index in [1.54, 1.807) is 6.07 Å². The highest BCUT2D eigenvalue weighted by atomic mass is 32.2. The first-order valence-electron chi connectivity index (χ1n) is 7.81. The van der Waals surface area contributed by atoms with Crippen LogP contribution in [0.5, 0.6) is 5.88 Å². The summed E-state index contributed by atoms with van der Waals surface area (Å²) in [5, 5.41) is 0. The highest BCUT2D eigenvalue weighted by molar-refractivity contribution is 8.01. The lowest BCUT2D eigenvalue weighted by Gasteiger charge is -2.47. The summed E-state index contributed by atoms with van der Waals surface area (Å²) in [5.74, 6) is 0.682. The van der Waals surface area contributed by atoms with Gasteiger partial charge in [-0.3, -0.25) is 4.79 Å². The molecule has 2 aliphatic heterocycles. The standard InChI is InChI=1S/C16H22FN3O2S/c1-19(2)7-5-14(21)20-10-16(11-20)8-12(9-23-16)22-15-13(17)4-3-6-18-15/h3-4,6,12H,5,7-11H2,1-2H3/t12-/m0/s1. The molecule has 126 valence electrons. The van der Waals surface area contributed by atoms with Gasteiger partial charge >= 0.3 is 0 Å². The number of amides is 1. The predicted octanol–water partition coefficient (Wildman–Crippen LogP) is 1.64. The van der Waals surface area contributed by atoms with E-state index < -0.39 is 5.82 Å². The van der Waals surface area contributed by atoms with Crippen LogP contribution < -0.4 is 4.74 Å². The SMILES string of the molecule is CN(C)CCC(=O)N1CC2(C[C@H](Oc3ncccc3F)CS2)C1. The monoisotopic (exact) mass is 339 g/mol. The Labute approximate surface area is 140 Å². The summed E-state index contributed by atoms with van der Waals surface area (Å²) in [5.41, 5.74) is 0. The van der Waals surface area contributed by atoms with Crippen LogP contribution in [0.1, 0.15) is 12.8 Å². The highest BCUT2D eigenvalue weighted by Gasteiger charge is 2.51. The molecule has 0 aliphatic carbocycles. The Hall–Kier alpha value is -1.34. The second-order valence-electron chi connectivity index (χ2n) is 6.53. The summed E-state index contributed by atoms with van der Waals surface area (Å²) in [7, 11) is 3.94. The van der Waals surface area contributed by atoms with Crippen LogP contribution in [0, 0.1) is 5.82 Å². The normalized spacial score (nSPS) is 22.4. The van der Waals surface area contributed by atoms with E-state index in [1.165, 1.54) is 12.3 Å². The average Bonchev–Trinajstić information content (AvgIpc) is 2.90. The van der Waals surface area contributed by atoms with E-state index in [2.05, 4.69) is 4.98 Å². The van der Waals surface area contributed by atoms with Gasteiger partial charge in [0.25, 0.3) is 5.88 Å². The van der Waals surface area contributed by atoms with Crippen molar-refractivity contribution in [1.29, 1.82) is 0 Å². The summed E-state index contributed by atoms with van der Waals surface area (Å²) in [6, 6.07) is 2.91. The number of hydrogen-bond donors (Lipinski definition) is 0. The molecule has 0 aromatic carbocycles. The molecule has 1 atom stereocenters. The van der Waals surface area contributed by atoms with Crippen LogP contribution >= 0.6 is 11.8 Å². The topological polar surface area (TPSA) is 45.7 Å². The molecule has 5 nitrogen and oxygen atoms in total. The molecule has 0 N–H and O–H groups in total. The molecule has 0 radical (unpaired) electrons. The van der Waals surface area contributed by atoms with E-state index in [-0.39, 0.29) is 22.6 Å². The van der Waals surface area contributed by atoms with Gasteiger partial charge in [0.05, 0.1) is 4.75 Å². The van der Waals surface area contributed by atoms with Crippen molar-refractivity contribution in [2.75, 3.05) is 39.5 Å². The third-order valence-electron chi connectivity index (χ3n) is 4.26. The number of hydrogen-bond acceptors (Lipinski definition) is 5. The van der Waals surface area contributed by atoms with E-state index in [9.17, 15) is 9.18 Å². The summed E-state index contributed by atoms with van der Waals surface area (Å²) in [6.07, 6.45) is 2.89. The number of carbonyl (C=O) groups is 1. The van der Waals surface area contributed by atoms with Crippen molar-refractivity contribution in [3.8, 4) is 5.88 Å². The lowest BCUT2D eigenvalue weighted by atomic mass is 9.92. The van der Waals surface area contributed by atoms with Crippen LogP contribution in [-0.4, -0.2) is 71.0 Å². The molecule has 3 rings (SSSR count). The predicted molar refractivity (Wildman–Crippen MR) is 88.2 cm³/mol. The third kappa shape index (κ3) is 3.77. The average molecular weight is 339 g/mol. The number of nitrogens with zero attached hydrogens (tertiary/aromatic N) is 3. The van der Waals surface area contributed by atoms with Gasteiger partial charge in [0, 0.05) is 44.4 Å². The van der Waals surface area contributed by atoms with Crippen molar-refractivity contribution in [3.05, 3.63) is 24.1 Å². The molecule has 1 amide bonds. The minimum atomic E-state index is -0.424. The van der Waals surface area contributed by atoms with E-state index in [0.29, 0.717) is 6.42 Å². The molecule has 1 aromatic heterocycles. The lowest BCUT2D eigenvalue weighted by Crippen LogP contribution is -2.61. The summed E-state index contributed by atoms with van der Waals surface area (Å²) in [6.45, 7) is 2.32. The fourth-order valence-corrected chi connectivity index (χ4v) is 4.54. The van der Waals surface area contributed by atoms with Crippen molar-refractivity contribution in [2.45, 2.75) is 23.7 Å². The summed E-state index contributed by atoms with van der Waals surface area (Å²) >= 11 is 1.83. The number of likely N-dealkylation sites (tertiary alicyclic amines) is 1. The Morgan fingerprint density at radius 1 is 1.57 bits per heavy atom. The van der Waals surface area contributed by atoms with Crippen LogP contribution in [-0.2, 0) is 4.79 Å². The van der Waals surface area contributed by atoms with E-state index in [1.807, 2.05) is 35.7 Å². The van der Waals surface area contributed by atoms with Gasteiger partial charge in [-0.05, 0) is 26.2 Å². The molecule has 7 heteroatoms. The maximum Gasteiger partial charge on any atom is 0.250 e. The molecule has 3 heterocycles. The quantitative estimate of drug-likeness (QED) is 0.816. The van der Waals surface area contributed by atoms with Crippen molar-refractivity contribution in [2.24, 2.45) is 0 Å². The molecule has 23 heavy (non-hydrogen) atoms. The van der Waals surface area contributed by atoms with Crippen molar-refractivity contribution < 1.29 is 13.9 Å². The fraction of sp³-hybridized carbons (Fsp3) is 0.625. The number of thioether (sulfide) groups is 1. The van der Waals surface area contributed by atoms with Gasteiger partial charge in [-0.1, -0.05) is 0 Å². The molecule has 0 bridgehead atoms. The number of aromatic nitrogens is 1. The molecule has 0 saturated carbocycles. The van der Waals surface area contributed by atoms with E-state index in [4.69, 9.17) is 4.74 Å². The molecule has 2 aliphatic rings. The maximum absolute atomic E-state index is 13.6. The first-order valence-corrected chi connectivity index (χ1v) is 8.80. The minimum Gasteiger partial charge on any atom is -0.471 e. The van der Waals surface area contributed by atoms with Crippen LogP contribution in [0.25, 0.3) is 0 Å². The number of ether oxygens (including phenoxy) is 1. The number of halogens is 1. The smallest absolute Gasteiger partial charge is 0.250 e. The van der Waals surface area contributed by atoms with Crippen LogP contribution in [0.2, 0.25) is 0 Å². The van der Waals surface area contributed by atoms with E-state index in [0.717, 1.165) is 31.8 Å². The van der Waals surface area contributed by atoms with Crippen LogP contribution in [0.15, 0.2) is 18.3 Å². The van der Waals surface area contributed by atoms with Crippen molar-refractivity contribution >= 4 is 17.7 Å². The lowest BCUT2D eigenvalue weighted by molar-refractivity contribution is -0.136. The van der Waals surface area contributed by atoms with Crippen molar-refractivity contribution in [3.63, 3.8) is 0 Å². The van der Waals surface area contributed by atoms with Gasteiger partial charge in [-0.25, -0.2) is 9.37 Å². The first kappa shape index (κ1) is 16.5. The Kier molecular flexibility index (Phi) is 4.77. The molecular formula is C16H22FN3O2S. The van der Waals surface area contributed by atoms with Gasteiger partial charge < -0.3 is 14.5 Å². The Balaban J connectivity index is 1.48. The van der Waals surface area contributed by atoms with Gasteiger partial charge in [0.15, 0.2) is 5.82 Å². The maximum atomic E-state index is 13.6. The molecular weight excluding hydrogens is 317 g/mol. The van der Waals surface area contributed by atoms with E-state index >= 15 is 0 Å². The van der Waals surface area contributed by atoms with Crippen LogP contribution in [0.4, 0.5) is 4.39 Å². The zero-order valence-corrected chi connectivity index (χ0v) is 14.3.